The van der Waals surface area contributed by atoms with Gasteiger partial charge in [-0.2, -0.15) is 0 Å². The quantitative estimate of drug-likeness (QED) is 0.735. The highest BCUT2D eigenvalue weighted by Gasteiger charge is 2.10. The summed E-state index contributed by atoms with van der Waals surface area (Å²) < 4.78 is 16.1. The number of hydrogen-bond acceptors (Lipinski definition) is 4. The van der Waals surface area contributed by atoms with Gasteiger partial charge in [0, 0.05) is 12.7 Å². The molecule has 0 saturated heterocycles. The third-order valence-corrected chi connectivity index (χ3v) is 3.51. The molecule has 2 aromatic carbocycles. The number of methoxy groups -OCH3 is 2. The molecule has 5 nitrogen and oxygen atoms in total. The zero-order valence-electron chi connectivity index (χ0n) is 14.6. The third-order valence-electron chi connectivity index (χ3n) is 3.51. The molecule has 0 amide bonds. The molecule has 1 N–H and O–H groups in total. The molecule has 0 heterocycles. The first-order valence-corrected chi connectivity index (χ1v) is 7.88. The number of carbonyl (C=O) groups is 1. The largest absolute Gasteiger partial charge is 0.496 e. The van der Waals surface area contributed by atoms with E-state index in [0.29, 0.717) is 12.4 Å². The van der Waals surface area contributed by atoms with E-state index in [1.54, 1.807) is 26.4 Å². The first-order valence-electron chi connectivity index (χ1n) is 7.88. The van der Waals surface area contributed by atoms with Gasteiger partial charge in [-0.25, -0.2) is 4.79 Å². The van der Waals surface area contributed by atoms with E-state index in [0.717, 1.165) is 16.9 Å². The summed E-state index contributed by atoms with van der Waals surface area (Å²) in [5.41, 5.74) is 1.80. The Morgan fingerprint density at radius 3 is 2.60 bits per heavy atom. The van der Waals surface area contributed by atoms with Crippen LogP contribution in [0, 0.1) is 0 Å². The minimum atomic E-state index is -1.00. The Balaban J connectivity index is 2.31. The van der Waals surface area contributed by atoms with Gasteiger partial charge >= 0.3 is 5.97 Å². The van der Waals surface area contributed by atoms with Gasteiger partial charge in [0.1, 0.15) is 17.6 Å². The van der Waals surface area contributed by atoms with E-state index < -0.39 is 5.97 Å². The lowest BCUT2D eigenvalue weighted by Gasteiger charge is -2.14. The summed E-state index contributed by atoms with van der Waals surface area (Å²) in [5.74, 6) is 0.235. The number of ether oxygens (including phenoxy) is 3. The predicted octanol–water partition coefficient (Wildman–Crippen LogP) is 3.98. The summed E-state index contributed by atoms with van der Waals surface area (Å²) in [4.78, 5) is 11.4. The summed E-state index contributed by atoms with van der Waals surface area (Å²) in [6.07, 6.45) is 3.53. The van der Waals surface area contributed by atoms with Crippen molar-refractivity contribution in [2.24, 2.45) is 0 Å². The fourth-order valence-electron chi connectivity index (χ4n) is 2.40. The summed E-state index contributed by atoms with van der Waals surface area (Å²) in [7, 11) is 3.20. The second-order valence-electron chi connectivity index (χ2n) is 5.55. The van der Waals surface area contributed by atoms with Crippen molar-refractivity contribution in [3.8, 4) is 11.5 Å². The maximum Gasteiger partial charge on any atom is 0.335 e. The molecule has 0 unspecified atom stereocenters. The molecule has 0 aliphatic heterocycles. The van der Waals surface area contributed by atoms with Gasteiger partial charge < -0.3 is 19.3 Å². The van der Waals surface area contributed by atoms with Gasteiger partial charge in [-0.05, 0) is 36.8 Å². The second-order valence-corrected chi connectivity index (χ2v) is 5.55. The molecule has 0 bridgehead atoms. The van der Waals surface area contributed by atoms with Crippen molar-refractivity contribution in [3.05, 3.63) is 59.2 Å². The van der Waals surface area contributed by atoms with Crippen LogP contribution in [0.3, 0.4) is 0 Å². The molecule has 2 aromatic rings. The molecular formula is C20H22O5. The molecule has 0 fully saturated rings. The number of carboxylic acid groups (broad SMARTS) is 1. The Labute approximate surface area is 147 Å². The van der Waals surface area contributed by atoms with Crippen LogP contribution in [0.5, 0.6) is 11.5 Å². The van der Waals surface area contributed by atoms with Crippen LogP contribution < -0.4 is 9.47 Å². The maximum absolute atomic E-state index is 11.4. The van der Waals surface area contributed by atoms with E-state index in [-0.39, 0.29) is 11.7 Å². The standard InChI is InChI=1S/C20H22O5/c1-14(13-23-2)25-18-11-15(10-17(12-18)20(21)22)8-9-16-6-4-5-7-19(16)24-3/h4-12,14H,13H2,1-3H3,(H,21,22)/t14-/m0/s1. The Morgan fingerprint density at radius 1 is 1.16 bits per heavy atom. The van der Waals surface area contributed by atoms with Crippen molar-refractivity contribution in [3.63, 3.8) is 0 Å². The zero-order chi connectivity index (χ0) is 18.2. The lowest BCUT2D eigenvalue weighted by Crippen LogP contribution is -2.18. The first-order chi connectivity index (χ1) is 12.0. The molecule has 0 aliphatic carbocycles. The monoisotopic (exact) mass is 342 g/mol. The highest BCUT2D eigenvalue weighted by Crippen LogP contribution is 2.23. The van der Waals surface area contributed by atoms with E-state index in [1.165, 1.54) is 6.07 Å². The Kier molecular flexibility index (Phi) is 6.60. The van der Waals surface area contributed by atoms with Gasteiger partial charge in [0.05, 0.1) is 19.3 Å². The van der Waals surface area contributed by atoms with Crippen LogP contribution in [0.2, 0.25) is 0 Å². The summed E-state index contributed by atoms with van der Waals surface area (Å²) in [5, 5.41) is 9.31. The van der Waals surface area contributed by atoms with E-state index in [9.17, 15) is 9.90 Å². The van der Waals surface area contributed by atoms with Gasteiger partial charge in [-0.3, -0.25) is 0 Å². The fourth-order valence-corrected chi connectivity index (χ4v) is 2.40. The predicted molar refractivity (Wildman–Crippen MR) is 97.3 cm³/mol. The zero-order valence-corrected chi connectivity index (χ0v) is 14.6. The van der Waals surface area contributed by atoms with Crippen molar-refractivity contribution >= 4 is 18.1 Å². The molecule has 132 valence electrons. The van der Waals surface area contributed by atoms with Crippen LogP contribution >= 0.6 is 0 Å². The number of carboxylic acids is 1. The van der Waals surface area contributed by atoms with Crippen LogP contribution in [0.15, 0.2) is 42.5 Å². The number of para-hydroxylation sites is 1. The molecule has 0 aromatic heterocycles. The van der Waals surface area contributed by atoms with Gasteiger partial charge in [0.25, 0.3) is 0 Å². The molecule has 1 atom stereocenters. The summed E-state index contributed by atoms with van der Waals surface area (Å²) >= 11 is 0. The molecule has 0 spiro atoms. The average molecular weight is 342 g/mol. The number of rotatable bonds is 8. The third kappa shape index (κ3) is 5.36. The summed E-state index contributed by atoms with van der Waals surface area (Å²) in [6.45, 7) is 2.28. The molecule has 2 rings (SSSR count). The van der Waals surface area contributed by atoms with Crippen molar-refractivity contribution in [2.75, 3.05) is 20.8 Å². The van der Waals surface area contributed by atoms with Gasteiger partial charge in [-0.15, -0.1) is 0 Å². The minimum absolute atomic E-state index is 0.168. The average Bonchev–Trinajstić information content (AvgIpc) is 2.60. The highest BCUT2D eigenvalue weighted by atomic mass is 16.5. The van der Waals surface area contributed by atoms with Crippen LogP contribution in [-0.2, 0) is 4.74 Å². The van der Waals surface area contributed by atoms with E-state index >= 15 is 0 Å². The van der Waals surface area contributed by atoms with E-state index in [2.05, 4.69) is 0 Å². The fraction of sp³-hybridized carbons (Fsp3) is 0.250. The number of aromatic carboxylic acids is 1. The summed E-state index contributed by atoms with van der Waals surface area (Å²) in [6, 6.07) is 12.5. The molecule has 0 saturated carbocycles. The second kappa shape index (κ2) is 8.89. The van der Waals surface area contributed by atoms with Crippen LogP contribution in [0.4, 0.5) is 0 Å². The van der Waals surface area contributed by atoms with Crippen LogP contribution in [0.25, 0.3) is 12.2 Å². The Morgan fingerprint density at radius 2 is 1.92 bits per heavy atom. The highest BCUT2D eigenvalue weighted by molar-refractivity contribution is 5.89. The van der Waals surface area contributed by atoms with Crippen LogP contribution in [0.1, 0.15) is 28.4 Å². The first kappa shape index (κ1) is 18.5. The lowest BCUT2D eigenvalue weighted by molar-refractivity contribution is 0.0694. The maximum atomic E-state index is 11.4. The van der Waals surface area contributed by atoms with Crippen molar-refractivity contribution in [1.82, 2.24) is 0 Å². The molecule has 0 radical (unpaired) electrons. The molecule has 0 aliphatic rings. The van der Waals surface area contributed by atoms with Crippen LogP contribution in [-0.4, -0.2) is 38.0 Å². The molecule has 25 heavy (non-hydrogen) atoms. The Bertz CT molecular complexity index is 752. The Hall–Kier alpha value is -2.79. The number of benzene rings is 2. The SMILES string of the molecule is COC[C@H](C)Oc1cc(C=Cc2ccccc2OC)cc(C(=O)O)c1. The lowest BCUT2D eigenvalue weighted by atomic mass is 10.1. The van der Waals surface area contributed by atoms with Crippen molar-refractivity contribution in [1.29, 1.82) is 0 Å². The topological polar surface area (TPSA) is 65.0 Å². The molecule has 5 heteroatoms. The molecular weight excluding hydrogens is 320 g/mol. The van der Waals surface area contributed by atoms with Crippen molar-refractivity contribution in [2.45, 2.75) is 13.0 Å². The van der Waals surface area contributed by atoms with E-state index in [4.69, 9.17) is 14.2 Å². The minimum Gasteiger partial charge on any atom is -0.496 e. The van der Waals surface area contributed by atoms with Crippen molar-refractivity contribution < 1.29 is 24.1 Å². The normalized spacial score (nSPS) is 12.1. The van der Waals surface area contributed by atoms with Gasteiger partial charge in [0.15, 0.2) is 0 Å². The smallest absolute Gasteiger partial charge is 0.335 e. The van der Waals surface area contributed by atoms with Gasteiger partial charge in [-0.1, -0.05) is 30.4 Å². The van der Waals surface area contributed by atoms with Gasteiger partial charge in [0.2, 0.25) is 0 Å². The number of hydrogen-bond donors (Lipinski definition) is 1. The van der Waals surface area contributed by atoms with E-state index in [1.807, 2.05) is 43.3 Å².